The summed E-state index contributed by atoms with van der Waals surface area (Å²) in [5.41, 5.74) is -0.452. The molecule has 10 heteroatoms. The van der Waals surface area contributed by atoms with Crippen molar-refractivity contribution in [1.82, 2.24) is 10.2 Å². The molecule has 0 aliphatic carbocycles. The maximum absolute atomic E-state index is 13.2. The predicted octanol–water partition coefficient (Wildman–Crippen LogP) is 0.312. The Balaban J connectivity index is 1.72. The number of rotatable bonds is 4. The maximum atomic E-state index is 13.2. The van der Waals surface area contributed by atoms with E-state index >= 15 is 0 Å². The summed E-state index contributed by atoms with van der Waals surface area (Å²) >= 11 is 1.11. The molecule has 2 saturated heterocycles. The Hall–Kier alpha value is -2.43. The molecule has 0 spiro atoms. The third kappa shape index (κ3) is 3.19. The van der Waals surface area contributed by atoms with E-state index in [1.54, 1.807) is 32.9 Å². The van der Waals surface area contributed by atoms with Gasteiger partial charge in [0.15, 0.2) is 6.04 Å². The normalized spacial score (nSPS) is 28.9. The van der Waals surface area contributed by atoms with E-state index in [1.165, 1.54) is 12.1 Å². The number of amides is 2. The summed E-state index contributed by atoms with van der Waals surface area (Å²) in [4.78, 5) is 52.3. The first-order valence-corrected chi connectivity index (χ1v) is 10.4. The molecule has 1 aromatic rings. The Morgan fingerprint density at radius 2 is 1.90 bits per heavy atom. The first-order chi connectivity index (χ1) is 14.1. The van der Waals surface area contributed by atoms with Crippen LogP contribution >= 0.6 is 11.8 Å². The molecule has 3 heterocycles. The number of ether oxygens (including phenoxy) is 2. The zero-order valence-electron chi connectivity index (χ0n) is 16.7. The third-order valence-electron chi connectivity index (χ3n) is 5.22. The summed E-state index contributed by atoms with van der Waals surface area (Å²) in [6.45, 7) is 4.63. The van der Waals surface area contributed by atoms with Gasteiger partial charge in [-0.2, -0.15) is 0 Å². The lowest BCUT2D eigenvalue weighted by molar-refractivity contribution is -0.160. The van der Waals surface area contributed by atoms with Crippen molar-refractivity contribution in [2.75, 3.05) is 13.2 Å². The van der Waals surface area contributed by atoms with Gasteiger partial charge in [0.05, 0.1) is 23.1 Å². The summed E-state index contributed by atoms with van der Waals surface area (Å²) in [5.74, 6) is -2.54. The minimum atomic E-state index is -1.33. The van der Waals surface area contributed by atoms with Gasteiger partial charge in [0.1, 0.15) is 23.0 Å². The smallest absolute Gasteiger partial charge is 0.332 e. The van der Waals surface area contributed by atoms with Gasteiger partial charge in [-0.05, 0) is 32.9 Å². The van der Waals surface area contributed by atoms with Gasteiger partial charge >= 0.3 is 11.9 Å². The lowest BCUT2D eigenvalue weighted by atomic mass is 10.0. The number of benzene rings is 1. The molecule has 2 amide bonds. The number of imide groups is 1. The fourth-order valence-electron chi connectivity index (χ4n) is 3.86. The maximum Gasteiger partial charge on any atom is 0.332 e. The molecule has 3 aliphatic heterocycles. The zero-order chi connectivity index (χ0) is 21.8. The highest BCUT2D eigenvalue weighted by Gasteiger charge is 2.61. The minimum absolute atomic E-state index is 0.0374. The molecule has 2 fully saturated rings. The fourth-order valence-corrected chi connectivity index (χ4v) is 5.44. The van der Waals surface area contributed by atoms with E-state index in [0.717, 1.165) is 16.7 Å². The van der Waals surface area contributed by atoms with E-state index in [-0.39, 0.29) is 24.3 Å². The van der Waals surface area contributed by atoms with Crippen LogP contribution in [-0.2, 0) is 19.1 Å². The van der Waals surface area contributed by atoms with Crippen molar-refractivity contribution in [1.29, 1.82) is 0 Å². The minimum Gasteiger partial charge on any atom is -0.463 e. The summed E-state index contributed by atoms with van der Waals surface area (Å²) in [6.07, 6.45) is 0. The number of carbonyl (C=O) groups excluding carboxylic acids is 4. The number of aliphatic hydroxyl groups excluding tert-OH is 1. The molecule has 0 aromatic heterocycles. The largest absolute Gasteiger partial charge is 0.463 e. The fraction of sp³-hybridized carbons (Fsp3) is 0.500. The average Bonchev–Trinajstić information content (AvgIpc) is 3.28. The van der Waals surface area contributed by atoms with Crippen LogP contribution < -0.4 is 5.32 Å². The van der Waals surface area contributed by atoms with Crippen LogP contribution in [0.4, 0.5) is 0 Å². The summed E-state index contributed by atoms with van der Waals surface area (Å²) in [6, 6.07) is 4.14. The van der Waals surface area contributed by atoms with Crippen LogP contribution in [0, 0.1) is 0 Å². The van der Waals surface area contributed by atoms with Crippen LogP contribution in [0.15, 0.2) is 24.3 Å². The number of carbonyl (C=O) groups is 4. The topological polar surface area (TPSA) is 122 Å². The van der Waals surface area contributed by atoms with Crippen molar-refractivity contribution in [2.24, 2.45) is 0 Å². The van der Waals surface area contributed by atoms with Crippen LogP contribution in [0.25, 0.3) is 0 Å². The molecule has 1 aromatic carbocycles. The van der Waals surface area contributed by atoms with E-state index in [2.05, 4.69) is 5.32 Å². The number of aliphatic hydroxyl groups is 1. The molecule has 9 nitrogen and oxygen atoms in total. The van der Waals surface area contributed by atoms with Crippen molar-refractivity contribution in [3.8, 4) is 0 Å². The molecule has 4 atom stereocenters. The van der Waals surface area contributed by atoms with Crippen LogP contribution in [0.2, 0.25) is 0 Å². The van der Waals surface area contributed by atoms with Gasteiger partial charge in [0.25, 0.3) is 11.8 Å². The Kier molecular flexibility index (Phi) is 4.91. The van der Waals surface area contributed by atoms with E-state index < -0.39 is 51.6 Å². The van der Waals surface area contributed by atoms with Crippen molar-refractivity contribution in [3.05, 3.63) is 35.4 Å². The Bertz CT molecular complexity index is 908. The molecule has 0 radical (unpaired) electrons. The van der Waals surface area contributed by atoms with Gasteiger partial charge in [0.2, 0.25) is 0 Å². The number of hydrogen-bond donors (Lipinski definition) is 2. The molecule has 160 valence electrons. The number of fused-ring (bicyclic) bond motifs is 2. The highest BCUT2D eigenvalue weighted by molar-refractivity contribution is 8.01. The van der Waals surface area contributed by atoms with Crippen molar-refractivity contribution >= 4 is 35.5 Å². The molecule has 30 heavy (non-hydrogen) atoms. The predicted molar refractivity (Wildman–Crippen MR) is 106 cm³/mol. The average molecular weight is 434 g/mol. The van der Waals surface area contributed by atoms with Crippen LogP contribution in [0.5, 0.6) is 0 Å². The molecule has 3 aliphatic rings. The second-order valence-electron chi connectivity index (χ2n) is 8.47. The summed E-state index contributed by atoms with van der Waals surface area (Å²) in [7, 11) is 0. The molecule has 0 bridgehead atoms. The lowest BCUT2D eigenvalue weighted by Gasteiger charge is -2.32. The van der Waals surface area contributed by atoms with Crippen LogP contribution in [0.1, 0.15) is 41.5 Å². The van der Waals surface area contributed by atoms with Crippen LogP contribution in [0.3, 0.4) is 0 Å². The van der Waals surface area contributed by atoms with Gasteiger partial charge in [0, 0.05) is 0 Å². The first-order valence-electron chi connectivity index (χ1n) is 9.49. The van der Waals surface area contributed by atoms with E-state index in [0.29, 0.717) is 0 Å². The van der Waals surface area contributed by atoms with Gasteiger partial charge in [-0.25, -0.2) is 4.79 Å². The Morgan fingerprint density at radius 1 is 1.30 bits per heavy atom. The van der Waals surface area contributed by atoms with Gasteiger partial charge < -0.3 is 14.6 Å². The first kappa shape index (κ1) is 20.8. The van der Waals surface area contributed by atoms with Gasteiger partial charge in [-0.3, -0.25) is 24.6 Å². The van der Waals surface area contributed by atoms with Crippen molar-refractivity contribution < 1.29 is 33.8 Å². The third-order valence-corrected chi connectivity index (χ3v) is 6.82. The lowest BCUT2D eigenvalue weighted by Crippen LogP contribution is -2.56. The molecule has 4 unspecified atom stereocenters. The Labute approximate surface area is 177 Å². The number of nitrogens with zero attached hydrogens (tertiary/aromatic N) is 1. The van der Waals surface area contributed by atoms with Crippen molar-refractivity contribution in [3.63, 3.8) is 0 Å². The van der Waals surface area contributed by atoms with E-state index in [9.17, 15) is 24.3 Å². The number of cyclic esters (lactones) is 1. The highest BCUT2D eigenvalue weighted by atomic mass is 32.2. The SMILES string of the molecule is CC(C)(C)OC(=O)C(C1NC2C(=O)OCC2(CO)S1)N1C(=O)c2ccccc2C1=O. The quantitative estimate of drug-likeness (QED) is 0.509. The number of hydrogen-bond acceptors (Lipinski definition) is 9. The second-order valence-corrected chi connectivity index (χ2v) is 10.0. The Morgan fingerprint density at radius 3 is 2.40 bits per heavy atom. The number of esters is 2. The summed E-state index contributed by atoms with van der Waals surface area (Å²) < 4.78 is 9.58. The van der Waals surface area contributed by atoms with E-state index in [4.69, 9.17) is 9.47 Å². The molecule has 0 saturated carbocycles. The van der Waals surface area contributed by atoms with Gasteiger partial charge in [-0.1, -0.05) is 12.1 Å². The number of thioether (sulfide) groups is 1. The van der Waals surface area contributed by atoms with Crippen molar-refractivity contribution in [2.45, 2.75) is 48.6 Å². The molecule has 4 rings (SSSR count). The highest BCUT2D eigenvalue weighted by Crippen LogP contribution is 2.45. The standard InChI is InChI=1S/C20H22N2O7S/c1-19(2,3)29-17(26)12(14-21-13-18(27)28-9-20(13,8-23)30-14)22-15(24)10-6-4-5-7-11(10)16(22)25/h4-7,12-14,21,23H,8-9H2,1-3H3. The van der Waals surface area contributed by atoms with E-state index in [1.807, 2.05) is 0 Å². The zero-order valence-corrected chi connectivity index (χ0v) is 17.5. The summed E-state index contributed by atoms with van der Waals surface area (Å²) in [5, 5.41) is 12.1. The van der Waals surface area contributed by atoms with Crippen LogP contribution in [-0.4, -0.2) is 74.8 Å². The second kappa shape index (κ2) is 7.07. The molecular formula is C20H22N2O7S. The van der Waals surface area contributed by atoms with Gasteiger partial charge in [-0.15, -0.1) is 11.8 Å². The number of nitrogens with one attached hydrogen (secondary N) is 1. The monoisotopic (exact) mass is 434 g/mol. The molecule has 2 N–H and O–H groups in total. The molecular weight excluding hydrogens is 412 g/mol.